The molecule has 5 aromatic rings. The van der Waals surface area contributed by atoms with Gasteiger partial charge in [-0.15, -0.1) is 0 Å². The fraction of sp³-hybridized carbons (Fsp3) is 0.0385. The number of rotatable bonds is 7. The number of azo groups is 1. The summed E-state index contributed by atoms with van der Waals surface area (Å²) in [4.78, 5) is 24.3. The van der Waals surface area contributed by atoms with Gasteiger partial charge in [0.05, 0.1) is 27.5 Å². The average Bonchev–Trinajstić information content (AvgIpc) is 2.89. The first-order chi connectivity index (χ1) is 17.6. The number of pyridine rings is 1. The van der Waals surface area contributed by atoms with Crippen molar-refractivity contribution in [1.29, 1.82) is 0 Å². The molecule has 0 spiro atoms. The fourth-order valence-corrected chi connectivity index (χ4v) is 3.57. The van der Waals surface area contributed by atoms with Gasteiger partial charge in [-0.1, -0.05) is 36.4 Å². The minimum absolute atomic E-state index is 0.0561. The molecule has 0 aliphatic rings. The molecule has 0 amide bonds. The van der Waals surface area contributed by atoms with Crippen molar-refractivity contribution in [1.82, 2.24) is 15.0 Å². The second-order valence-corrected chi connectivity index (χ2v) is 7.84. The lowest BCUT2D eigenvalue weighted by Crippen LogP contribution is -2.06. The Morgan fingerprint density at radius 1 is 0.778 bits per heavy atom. The zero-order valence-electron chi connectivity index (χ0n) is 19.2. The van der Waals surface area contributed by atoms with E-state index in [9.17, 15) is 10.1 Å². The van der Waals surface area contributed by atoms with Crippen LogP contribution in [-0.2, 0) is 0 Å². The van der Waals surface area contributed by atoms with Crippen molar-refractivity contribution < 1.29 is 4.92 Å². The molecule has 5 rings (SSSR count). The number of nitrogens with one attached hydrogen (secondary N) is 2. The van der Waals surface area contributed by atoms with Gasteiger partial charge in [0.25, 0.3) is 0 Å². The summed E-state index contributed by atoms with van der Waals surface area (Å²) in [7, 11) is 0. The fourth-order valence-electron chi connectivity index (χ4n) is 3.57. The minimum atomic E-state index is -0.517. The van der Waals surface area contributed by atoms with Crippen molar-refractivity contribution in [2.75, 3.05) is 10.6 Å². The molecule has 0 atom stereocenters. The Hall–Kier alpha value is -5.25. The maximum absolute atomic E-state index is 12.0. The third kappa shape index (κ3) is 4.97. The van der Waals surface area contributed by atoms with Gasteiger partial charge in [0.15, 0.2) is 0 Å². The molecule has 10 nitrogen and oxygen atoms in total. The van der Waals surface area contributed by atoms with E-state index in [-0.39, 0.29) is 17.3 Å². The normalized spacial score (nSPS) is 11.0. The maximum atomic E-state index is 12.0. The zero-order valence-corrected chi connectivity index (χ0v) is 19.2. The third-order valence-corrected chi connectivity index (χ3v) is 5.28. The molecular weight excluding hydrogens is 456 g/mol. The molecule has 2 heterocycles. The van der Waals surface area contributed by atoms with Crippen LogP contribution in [-0.4, -0.2) is 19.9 Å². The van der Waals surface area contributed by atoms with Crippen molar-refractivity contribution >= 4 is 51.0 Å². The van der Waals surface area contributed by atoms with Gasteiger partial charge in [0.1, 0.15) is 6.33 Å². The summed E-state index contributed by atoms with van der Waals surface area (Å²) in [5, 5.41) is 27.4. The molecule has 2 aromatic heterocycles. The number of hydrogen-bond donors (Lipinski definition) is 2. The molecule has 0 radical (unpaired) electrons. The van der Waals surface area contributed by atoms with E-state index in [0.717, 1.165) is 16.8 Å². The standard InChI is InChI=1S/C26H20N8O2/c1-17-10-11-18-6-5-9-22(23(18)29-17)31-26-24(34(35)36)25(27-16-28-26)30-19-12-14-21(15-13-19)33-32-20-7-3-2-4-8-20/h2-16H,1H3,(H2,27,28,30,31). The Labute approximate surface area is 206 Å². The summed E-state index contributed by atoms with van der Waals surface area (Å²) in [6.45, 7) is 1.89. The second kappa shape index (κ2) is 9.94. The van der Waals surface area contributed by atoms with Crippen molar-refractivity contribution in [3.8, 4) is 0 Å². The van der Waals surface area contributed by atoms with E-state index in [0.29, 0.717) is 22.6 Å². The predicted octanol–water partition coefficient (Wildman–Crippen LogP) is 7.14. The van der Waals surface area contributed by atoms with Crippen LogP contribution in [0.3, 0.4) is 0 Å². The highest BCUT2D eigenvalue weighted by Crippen LogP contribution is 2.35. The monoisotopic (exact) mass is 476 g/mol. The Kier molecular flexibility index (Phi) is 6.22. The number of anilines is 4. The summed E-state index contributed by atoms with van der Waals surface area (Å²) >= 11 is 0. The molecule has 2 N–H and O–H groups in total. The molecule has 0 aliphatic carbocycles. The first-order valence-corrected chi connectivity index (χ1v) is 11.0. The molecule has 0 fully saturated rings. The van der Waals surface area contributed by atoms with Crippen molar-refractivity contribution in [2.45, 2.75) is 6.92 Å². The molecule has 176 valence electrons. The van der Waals surface area contributed by atoms with Gasteiger partial charge >= 0.3 is 5.69 Å². The quantitative estimate of drug-likeness (QED) is 0.145. The van der Waals surface area contributed by atoms with Crippen LogP contribution in [0.4, 0.5) is 40.1 Å². The molecule has 0 unspecified atom stereocenters. The van der Waals surface area contributed by atoms with Gasteiger partial charge in [-0.25, -0.2) is 9.97 Å². The average molecular weight is 477 g/mol. The zero-order chi connectivity index (χ0) is 24.9. The van der Waals surface area contributed by atoms with E-state index >= 15 is 0 Å². The predicted molar refractivity (Wildman–Crippen MR) is 139 cm³/mol. The molecule has 36 heavy (non-hydrogen) atoms. The molecule has 0 bridgehead atoms. The summed E-state index contributed by atoms with van der Waals surface area (Å²) in [5.41, 5.74) is 3.84. The van der Waals surface area contributed by atoms with Gasteiger partial charge in [-0.2, -0.15) is 10.2 Å². The smallest absolute Gasteiger partial charge is 0.334 e. The summed E-state index contributed by atoms with van der Waals surface area (Å²) in [6.07, 6.45) is 1.27. The Morgan fingerprint density at radius 3 is 2.19 bits per heavy atom. The highest BCUT2D eigenvalue weighted by Gasteiger charge is 2.24. The number of benzene rings is 3. The largest absolute Gasteiger partial charge is 0.353 e. The van der Waals surface area contributed by atoms with E-state index in [1.165, 1.54) is 6.33 Å². The summed E-state index contributed by atoms with van der Waals surface area (Å²) in [5.74, 6) is 0.113. The SMILES string of the molecule is Cc1ccc2cccc(Nc3ncnc(Nc4ccc(N=Nc5ccccc5)cc4)c3[N+](=O)[O-])c2n1. The van der Waals surface area contributed by atoms with Crippen LogP contribution in [0.15, 0.2) is 101 Å². The Balaban J connectivity index is 1.41. The first-order valence-electron chi connectivity index (χ1n) is 11.0. The van der Waals surface area contributed by atoms with E-state index in [2.05, 4.69) is 35.8 Å². The molecular formula is C26H20N8O2. The Morgan fingerprint density at radius 2 is 1.47 bits per heavy atom. The highest BCUT2D eigenvalue weighted by atomic mass is 16.6. The number of nitro groups is 1. The lowest BCUT2D eigenvalue weighted by molar-refractivity contribution is -0.383. The Bertz CT molecular complexity index is 1570. The second-order valence-electron chi connectivity index (χ2n) is 7.84. The van der Waals surface area contributed by atoms with E-state index in [4.69, 9.17) is 0 Å². The first kappa shape index (κ1) is 22.5. The van der Waals surface area contributed by atoms with E-state index in [1.54, 1.807) is 30.3 Å². The number of fused-ring (bicyclic) bond motifs is 1. The van der Waals surface area contributed by atoms with Crippen LogP contribution in [0.1, 0.15) is 5.69 Å². The van der Waals surface area contributed by atoms with Gasteiger partial charge in [0.2, 0.25) is 11.6 Å². The van der Waals surface area contributed by atoms with Gasteiger partial charge < -0.3 is 10.6 Å². The summed E-state index contributed by atoms with van der Waals surface area (Å²) in [6, 6.07) is 25.8. The molecule has 10 heteroatoms. The van der Waals surface area contributed by atoms with Crippen LogP contribution in [0.25, 0.3) is 10.9 Å². The summed E-state index contributed by atoms with van der Waals surface area (Å²) < 4.78 is 0. The van der Waals surface area contributed by atoms with Crippen LogP contribution >= 0.6 is 0 Å². The number of nitrogens with zero attached hydrogens (tertiary/aromatic N) is 6. The molecule has 0 saturated carbocycles. The van der Waals surface area contributed by atoms with Crippen molar-refractivity contribution in [3.05, 3.63) is 107 Å². The third-order valence-electron chi connectivity index (χ3n) is 5.28. The number of aryl methyl sites for hydroxylation is 1. The number of aromatic nitrogens is 3. The van der Waals surface area contributed by atoms with Gasteiger partial charge in [-0.3, -0.25) is 15.1 Å². The highest BCUT2D eigenvalue weighted by molar-refractivity contribution is 5.93. The number of hydrogen-bond acceptors (Lipinski definition) is 9. The van der Waals surface area contributed by atoms with Crippen LogP contribution in [0, 0.1) is 17.0 Å². The maximum Gasteiger partial charge on any atom is 0.353 e. The van der Waals surface area contributed by atoms with Crippen LogP contribution in [0.5, 0.6) is 0 Å². The molecule has 0 aliphatic heterocycles. The lowest BCUT2D eigenvalue weighted by atomic mass is 10.1. The van der Waals surface area contributed by atoms with E-state index in [1.807, 2.05) is 61.5 Å². The topological polar surface area (TPSA) is 131 Å². The van der Waals surface area contributed by atoms with Gasteiger partial charge in [0, 0.05) is 16.8 Å². The van der Waals surface area contributed by atoms with Crippen LogP contribution in [0.2, 0.25) is 0 Å². The van der Waals surface area contributed by atoms with E-state index < -0.39 is 4.92 Å². The van der Waals surface area contributed by atoms with Crippen molar-refractivity contribution in [3.63, 3.8) is 0 Å². The lowest BCUT2D eigenvalue weighted by Gasteiger charge is -2.12. The van der Waals surface area contributed by atoms with Crippen LogP contribution < -0.4 is 10.6 Å². The number of para-hydroxylation sites is 1. The van der Waals surface area contributed by atoms with Gasteiger partial charge in [-0.05, 0) is 55.5 Å². The van der Waals surface area contributed by atoms with Crippen molar-refractivity contribution in [2.24, 2.45) is 10.2 Å². The minimum Gasteiger partial charge on any atom is -0.334 e. The molecule has 3 aromatic carbocycles. The molecule has 0 saturated heterocycles.